The van der Waals surface area contributed by atoms with E-state index in [0.29, 0.717) is 5.56 Å². The Labute approximate surface area is 163 Å². The molecular formula is C23H22FN3O. The molecule has 0 aliphatic rings. The van der Waals surface area contributed by atoms with Gasteiger partial charge in [0.15, 0.2) is 0 Å². The first-order chi connectivity index (χ1) is 13.8. The monoisotopic (exact) mass is 375 g/mol. The lowest BCUT2D eigenvalue weighted by molar-refractivity contribution is 0.299. The standard InChI is InChI=1S/C23H22FN3O/c24-20-9-2-1-7-18(20)16-28-19-8-5-6-17(14-19)15-25-13-12-23-26-21-10-3-4-11-22(21)27-23/h1-11,14,25H,12-13,15-16H2,(H,26,27). The molecule has 0 aliphatic carbocycles. The number of para-hydroxylation sites is 2. The zero-order valence-corrected chi connectivity index (χ0v) is 15.5. The zero-order chi connectivity index (χ0) is 19.2. The van der Waals surface area contributed by atoms with Gasteiger partial charge in [-0.2, -0.15) is 0 Å². The van der Waals surface area contributed by atoms with E-state index < -0.39 is 0 Å². The molecule has 142 valence electrons. The summed E-state index contributed by atoms with van der Waals surface area (Å²) in [6, 6.07) is 22.6. The number of hydrogen-bond acceptors (Lipinski definition) is 3. The SMILES string of the molecule is Fc1ccccc1COc1cccc(CNCCc2nc3ccccc3[nH]2)c1. The van der Waals surface area contributed by atoms with Gasteiger partial charge in [0.2, 0.25) is 0 Å². The largest absolute Gasteiger partial charge is 0.489 e. The fraction of sp³-hybridized carbons (Fsp3) is 0.174. The molecule has 0 radical (unpaired) electrons. The Hall–Kier alpha value is -3.18. The van der Waals surface area contributed by atoms with Crippen LogP contribution in [0.2, 0.25) is 0 Å². The van der Waals surface area contributed by atoms with Crippen molar-refractivity contribution in [1.82, 2.24) is 15.3 Å². The van der Waals surface area contributed by atoms with E-state index in [1.54, 1.807) is 12.1 Å². The van der Waals surface area contributed by atoms with Gasteiger partial charge in [0.25, 0.3) is 0 Å². The fourth-order valence-corrected chi connectivity index (χ4v) is 3.09. The van der Waals surface area contributed by atoms with Gasteiger partial charge in [-0.25, -0.2) is 9.37 Å². The average molecular weight is 375 g/mol. The van der Waals surface area contributed by atoms with E-state index in [-0.39, 0.29) is 12.4 Å². The Kier molecular flexibility index (Phi) is 5.64. The zero-order valence-electron chi connectivity index (χ0n) is 15.5. The number of nitrogens with one attached hydrogen (secondary N) is 2. The molecule has 3 aromatic carbocycles. The van der Waals surface area contributed by atoms with Crippen molar-refractivity contribution in [2.45, 2.75) is 19.6 Å². The van der Waals surface area contributed by atoms with Crippen molar-refractivity contribution in [3.63, 3.8) is 0 Å². The van der Waals surface area contributed by atoms with Crippen molar-refractivity contribution in [2.75, 3.05) is 6.54 Å². The summed E-state index contributed by atoms with van der Waals surface area (Å²) in [6.07, 6.45) is 0.832. The molecule has 0 saturated heterocycles. The third kappa shape index (κ3) is 4.56. The van der Waals surface area contributed by atoms with Crippen molar-refractivity contribution < 1.29 is 9.13 Å². The van der Waals surface area contributed by atoms with Gasteiger partial charge in [-0.15, -0.1) is 0 Å². The molecule has 28 heavy (non-hydrogen) atoms. The predicted octanol–water partition coefficient (Wildman–Crippen LogP) is 4.61. The van der Waals surface area contributed by atoms with Crippen LogP contribution in [0.25, 0.3) is 11.0 Å². The van der Waals surface area contributed by atoms with Crippen LogP contribution < -0.4 is 10.1 Å². The maximum Gasteiger partial charge on any atom is 0.129 e. The van der Waals surface area contributed by atoms with Crippen LogP contribution >= 0.6 is 0 Å². The third-order valence-corrected chi connectivity index (χ3v) is 4.56. The number of fused-ring (bicyclic) bond motifs is 1. The van der Waals surface area contributed by atoms with Crippen LogP contribution in [0.1, 0.15) is 17.0 Å². The molecule has 0 spiro atoms. The Balaban J connectivity index is 1.27. The molecule has 0 bridgehead atoms. The molecule has 0 amide bonds. The van der Waals surface area contributed by atoms with E-state index in [9.17, 15) is 4.39 Å². The molecule has 0 aliphatic heterocycles. The predicted molar refractivity (Wildman–Crippen MR) is 109 cm³/mol. The van der Waals surface area contributed by atoms with Crippen LogP contribution in [0, 0.1) is 5.82 Å². The van der Waals surface area contributed by atoms with Gasteiger partial charge in [0.1, 0.15) is 24.0 Å². The molecule has 4 nitrogen and oxygen atoms in total. The van der Waals surface area contributed by atoms with E-state index >= 15 is 0 Å². The summed E-state index contributed by atoms with van der Waals surface area (Å²) in [5.74, 6) is 1.47. The van der Waals surface area contributed by atoms with Gasteiger partial charge in [-0.05, 0) is 35.9 Å². The summed E-state index contributed by atoms with van der Waals surface area (Å²) < 4.78 is 19.4. The van der Waals surface area contributed by atoms with Gasteiger partial charge in [0.05, 0.1) is 11.0 Å². The number of imidazole rings is 1. The third-order valence-electron chi connectivity index (χ3n) is 4.56. The highest BCUT2D eigenvalue weighted by Gasteiger charge is 2.04. The fourth-order valence-electron chi connectivity index (χ4n) is 3.09. The first-order valence-electron chi connectivity index (χ1n) is 9.37. The minimum Gasteiger partial charge on any atom is -0.489 e. The first kappa shape index (κ1) is 18.2. The molecule has 1 heterocycles. The molecule has 4 aromatic rings. The van der Waals surface area contributed by atoms with Crippen molar-refractivity contribution in [3.05, 3.63) is 95.6 Å². The number of hydrogen-bond donors (Lipinski definition) is 2. The van der Waals surface area contributed by atoms with Gasteiger partial charge >= 0.3 is 0 Å². The summed E-state index contributed by atoms with van der Waals surface area (Å²) in [5, 5.41) is 3.43. The van der Waals surface area contributed by atoms with Crippen molar-refractivity contribution >= 4 is 11.0 Å². The molecule has 0 fully saturated rings. The van der Waals surface area contributed by atoms with Crippen LogP contribution in [0.5, 0.6) is 5.75 Å². The van der Waals surface area contributed by atoms with Gasteiger partial charge < -0.3 is 15.0 Å². The highest BCUT2D eigenvalue weighted by molar-refractivity contribution is 5.74. The van der Waals surface area contributed by atoms with Crippen molar-refractivity contribution in [1.29, 1.82) is 0 Å². The van der Waals surface area contributed by atoms with Crippen LogP contribution in [-0.4, -0.2) is 16.5 Å². The Bertz CT molecular complexity index is 1030. The minimum atomic E-state index is -0.245. The second-order valence-electron chi connectivity index (χ2n) is 6.65. The summed E-state index contributed by atoms with van der Waals surface area (Å²) in [6.45, 7) is 1.77. The van der Waals surface area contributed by atoms with E-state index in [2.05, 4.69) is 15.3 Å². The second kappa shape index (κ2) is 8.67. The summed E-state index contributed by atoms with van der Waals surface area (Å²) in [4.78, 5) is 7.92. The minimum absolute atomic E-state index is 0.218. The Morgan fingerprint density at radius 1 is 0.964 bits per heavy atom. The number of aromatic amines is 1. The highest BCUT2D eigenvalue weighted by Crippen LogP contribution is 2.16. The number of H-pyrrole nitrogens is 1. The maximum atomic E-state index is 13.7. The molecule has 0 unspecified atom stereocenters. The van der Waals surface area contributed by atoms with Crippen molar-refractivity contribution in [3.8, 4) is 5.75 Å². The van der Waals surface area contributed by atoms with Gasteiger partial charge in [-0.3, -0.25) is 0 Å². The quantitative estimate of drug-likeness (QED) is 0.442. The van der Waals surface area contributed by atoms with E-state index in [0.717, 1.165) is 47.7 Å². The average Bonchev–Trinajstić information content (AvgIpc) is 3.14. The number of aromatic nitrogens is 2. The topological polar surface area (TPSA) is 49.9 Å². The van der Waals surface area contributed by atoms with Crippen LogP contribution in [-0.2, 0) is 19.6 Å². The molecule has 4 rings (SSSR count). The van der Waals surface area contributed by atoms with Crippen molar-refractivity contribution in [2.24, 2.45) is 0 Å². The van der Waals surface area contributed by atoms with Gasteiger partial charge in [-0.1, -0.05) is 42.5 Å². The number of halogens is 1. The van der Waals surface area contributed by atoms with Crippen LogP contribution in [0.3, 0.4) is 0 Å². The van der Waals surface area contributed by atoms with E-state index in [1.807, 2.05) is 54.6 Å². The summed E-state index contributed by atoms with van der Waals surface area (Å²) >= 11 is 0. The molecule has 2 N–H and O–H groups in total. The van der Waals surface area contributed by atoms with Crippen LogP contribution in [0.4, 0.5) is 4.39 Å². The second-order valence-corrected chi connectivity index (χ2v) is 6.65. The van der Waals surface area contributed by atoms with Gasteiger partial charge in [0, 0.05) is 25.1 Å². The Morgan fingerprint density at radius 2 is 1.82 bits per heavy atom. The molecule has 5 heteroatoms. The Morgan fingerprint density at radius 3 is 2.71 bits per heavy atom. The number of nitrogens with zero attached hydrogens (tertiary/aromatic N) is 1. The lowest BCUT2D eigenvalue weighted by atomic mass is 10.2. The molecule has 0 saturated carbocycles. The normalized spacial score (nSPS) is 11.0. The maximum absolute atomic E-state index is 13.7. The number of rotatable bonds is 8. The van der Waals surface area contributed by atoms with E-state index in [4.69, 9.17) is 4.74 Å². The molecule has 0 atom stereocenters. The molecular weight excluding hydrogens is 353 g/mol. The summed E-state index contributed by atoms with van der Waals surface area (Å²) in [5.41, 5.74) is 3.74. The molecule has 1 aromatic heterocycles. The summed E-state index contributed by atoms with van der Waals surface area (Å²) in [7, 11) is 0. The lowest BCUT2D eigenvalue weighted by Crippen LogP contribution is -2.17. The number of benzene rings is 3. The van der Waals surface area contributed by atoms with E-state index in [1.165, 1.54) is 6.07 Å². The highest BCUT2D eigenvalue weighted by atomic mass is 19.1. The smallest absolute Gasteiger partial charge is 0.129 e. The van der Waals surface area contributed by atoms with Crippen LogP contribution in [0.15, 0.2) is 72.8 Å². The lowest BCUT2D eigenvalue weighted by Gasteiger charge is -2.09. The number of ether oxygens (including phenoxy) is 1. The first-order valence-corrected chi connectivity index (χ1v) is 9.37.